The molecular formula is C12H16N2O2. The molecule has 4 heteroatoms. The normalized spacial score (nSPS) is 21.5. The van der Waals surface area contributed by atoms with E-state index in [9.17, 15) is 4.79 Å². The van der Waals surface area contributed by atoms with E-state index in [1.807, 2.05) is 0 Å². The molecule has 0 aliphatic heterocycles. The molecule has 0 saturated heterocycles. The van der Waals surface area contributed by atoms with Gasteiger partial charge in [0.25, 0.3) is 0 Å². The molecule has 1 aliphatic rings. The maximum absolute atomic E-state index is 10.9. The van der Waals surface area contributed by atoms with Crippen LogP contribution in [0.25, 0.3) is 0 Å². The number of nitrogens with zero attached hydrogens (tertiary/aromatic N) is 1. The molecule has 4 nitrogen and oxygen atoms in total. The maximum Gasteiger partial charge on any atom is 0.356 e. The van der Waals surface area contributed by atoms with Gasteiger partial charge in [-0.15, -0.1) is 0 Å². The first-order valence-corrected chi connectivity index (χ1v) is 5.43. The zero-order chi connectivity index (χ0) is 11.8. The summed E-state index contributed by atoms with van der Waals surface area (Å²) >= 11 is 0. The average molecular weight is 220 g/mol. The van der Waals surface area contributed by atoms with Crippen LogP contribution in [0, 0.1) is 11.3 Å². The van der Waals surface area contributed by atoms with E-state index < -0.39 is 5.97 Å². The molecule has 1 aromatic heterocycles. The number of pyridine rings is 1. The predicted octanol–water partition coefficient (Wildman–Crippen LogP) is 2.24. The molecule has 2 rings (SSSR count). The predicted molar refractivity (Wildman–Crippen MR) is 61.6 cm³/mol. The van der Waals surface area contributed by atoms with E-state index >= 15 is 0 Å². The average Bonchev–Trinajstić information content (AvgIpc) is 2.84. The Morgan fingerprint density at radius 1 is 1.69 bits per heavy atom. The van der Waals surface area contributed by atoms with Gasteiger partial charge in [0.2, 0.25) is 0 Å². The SMILES string of the molecule is CC1(C)CC1CNc1cccnc1C(=O)O. The van der Waals surface area contributed by atoms with Gasteiger partial charge in [-0.05, 0) is 29.9 Å². The van der Waals surface area contributed by atoms with Crippen LogP contribution in [0.15, 0.2) is 18.3 Å². The summed E-state index contributed by atoms with van der Waals surface area (Å²) in [6, 6.07) is 3.50. The number of carbonyl (C=O) groups is 1. The number of hydrogen-bond acceptors (Lipinski definition) is 3. The van der Waals surface area contributed by atoms with Crippen LogP contribution in [0.1, 0.15) is 30.8 Å². The lowest BCUT2D eigenvalue weighted by molar-refractivity contribution is 0.0691. The van der Waals surface area contributed by atoms with Gasteiger partial charge in [-0.1, -0.05) is 13.8 Å². The van der Waals surface area contributed by atoms with E-state index in [0.29, 0.717) is 17.0 Å². The fraction of sp³-hybridized carbons (Fsp3) is 0.500. The monoisotopic (exact) mass is 220 g/mol. The minimum atomic E-state index is -0.988. The standard InChI is InChI=1S/C12H16N2O2/c1-12(2)6-8(12)7-14-9-4-3-5-13-10(9)11(15)16/h3-5,8,14H,6-7H2,1-2H3,(H,15,16). The highest BCUT2D eigenvalue weighted by atomic mass is 16.4. The molecule has 0 aromatic carbocycles. The van der Waals surface area contributed by atoms with Gasteiger partial charge in [0.15, 0.2) is 5.69 Å². The van der Waals surface area contributed by atoms with Crippen molar-refractivity contribution in [3.05, 3.63) is 24.0 Å². The Bertz CT molecular complexity index is 415. The molecule has 0 bridgehead atoms. The van der Waals surface area contributed by atoms with Gasteiger partial charge in [-0.25, -0.2) is 9.78 Å². The number of nitrogens with one attached hydrogen (secondary N) is 1. The molecule has 16 heavy (non-hydrogen) atoms. The number of anilines is 1. The molecule has 1 heterocycles. The molecule has 86 valence electrons. The van der Waals surface area contributed by atoms with Crippen molar-refractivity contribution in [1.29, 1.82) is 0 Å². The fourth-order valence-corrected chi connectivity index (χ4v) is 1.88. The lowest BCUT2D eigenvalue weighted by atomic mass is 10.1. The summed E-state index contributed by atoms with van der Waals surface area (Å²) in [4.78, 5) is 14.8. The number of aromatic nitrogens is 1. The number of rotatable bonds is 4. The summed E-state index contributed by atoms with van der Waals surface area (Å²) in [5.74, 6) is -0.354. The second-order valence-electron chi connectivity index (χ2n) is 4.98. The topological polar surface area (TPSA) is 62.2 Å². The minimum absolute atomic E-state index is 0.0981. The zero-order valence-corrected chi connectivity index (χ0v) is 9.53. The van der Waals surface area contributed by atoms with Crippen molar-refractivity contribution in [3.8, 4) is 0 Å². The van der Waals surface area contributed by atoms with Gasteiger partial charge in [0, 0.05) is 12.7 Å². The Morgan fingerprint density at radius 2 is 2.38 bits per heavy atom. The van der Waals surface area contributed by atoms with E-state index in [1.54, 1.807) is 12.1 Å². The van der Waals surface area contributed by atoms with Crippen LogP contribution in [0.4, 0.5) is 5.69 Å². The first-order valence-electron chi connectivity index (χ1n) is 5.43. The summed E-state index contributed by atoms with van der Waals surface area (Å²) in [5.41, 5.74) is 1.11. The van der Waals surface area contributed by atoms with Gasteiger partial charge in [-0.3, -0.25) is 0 Å². The summed E-state index contributed by atoms with van der Waals surface area (Å²) in [6.45, 7) is 5.26. The molecule has 1 aliphatic carbocycles. The minimum Gasteiger partial charge on any atom is -0.476 e. The largest absolute Gasteiger partial charge is 0.476 e. The van der Waals surface area contributed by atoms with E-state index in [-0.39, 0.29) is 5.69 Å². The van der Waals surface area contributed by atoms with Crippen LogP contribution >= 0.6 is 0 Å². The molecule has 1 saturated carbocycles. The Morgan fingerprint density at radius 3 is 2.94 bits per heavy atom. The van der Waals surface area contributed by atoms with Crippen molar-refractivity contribution >= 4 is 11.7 Å². The number of carboxylic acid groups (broad SMARTS) is 1. The fourth-order valence-electron chi connectivity index (χ4n) is 1.88. The highest BCUT2D eigenvalue weighted by molar-refractivity contribution is 5.91. The van der Waals surface area contributed by atoms with Crippen molar-refractivity contribution in [2.75, 3.05) is 11.9 Å². The van der Waals surface area contributed by atoms with E-state index in [1.165, 1.54) is 12.6 Å². The Hall–Kier alpha value is -1.58. The molecular weight excluding hydrogens is 204 g/mol. The first kappa shape index (κ1) is 10.9. The second kappa shape index (κ2) is 3.77. The third kappa shape index (κ3) is 2.15. The summed E-state index contributed by atoms with van der Waals surface area (Å²) in [6.07, 6.45) is 2.69. The molecule has 0 spiro atoms. The van der Waals surface area contributed by atoms with E-state index in [0.717, 1.165) is 6.54 Å². The number of carboxylic acids is 1. The number of aromatic carboxylic acids is 1. The Balaban J connectivity index is 2.02. The molecule has 1 atom stereocenters. The second-order valence-corrected chi connectivity index (χ2v) is 4.98. The van der Waals surface area contributed by atoms with Crippen LogP contribution in [-0.2, 0) is 0 Å². The third-order valence-corrected chi connectivity index (χ3v) is 3.27. The molecule has 1 fully saturated rings. The van der Waals surface area contributed by atoms with Gasteiger partial charge < -0.3 is 10.4 Å². The zero-order valence-electron chi connectivity index (χ0n) is 9.53. The molecule has 2 N–H and O–H groups in total. The van der Waals surface area contributed by atoms with Crippen molar-refractivity contribution in [2.24, 2.45) is 11.3 Å². The number of hydrogen-bond donors (Lipinski definition) is 2. The van der Waals surface area contributed by atoms with Gasteiger partial charge in [0.05, 0.1) is 5.69 Å². The van der Waals surface area contributed by atoms with E-state index in [2.05, 4.69) is 24.1 Å². The van der Waals surface area contributed by atoms with Crippen molar-refractivity contribution < 1.29 is 9.90 Å². The van der Waals surface area contributed by atoms with Crippen molar-refractivity contribution in [2.45, 2.75) is 20.3 Å². The third-order valence-electron chi connectivity index (χ3n) is 3.27. The first-order chi connectivity index (χ1) is 7.50. The highest BCUT2D eigenvalue weighted by Crippen LogP contribution is 2.51. The van der Waals surface area contributed by atoms with Crippen LogP contribution in [0.5, 0.6) is 0 Å². The molecule has 1 aromatic rings. The Kier molecular flexibility index (Phi) is 2.58. The van der Waals surface area contributed by atoms with Gasteiger partial charge in [-0.2, -0.15) is 0 Å². The van der Waals surface area contributed by atoms with E-state index in [4.69, 9.17) is 5.11 Å². The maximum atomic E-state index is 10.9. The van der Waals surface area contributed by atoms with Crippen LogP contribution in [0.2, 0.25) is 0 Å². The quantitative estimate of drug-likeness (QED) is 0.816. The Labute approximate surface area is 94.7 Å². The lowest BCUT2D eigenvalue weighted by Gasteiger charge is -2.09. The molecule has 0 amide bonds. The highest BCUT2D eigenvalue weighted by Gasteiger charge is 2.45. The summed E-state index contributed by atoms with van der Waals surface area (Å²) in [7, 11) is 0. The van der Waals surface area contributed by atoms with Crippen molar-refractivity contribution in [1.82, 2.24) is 4.98 Å². The smallest absolute Gasteiger partial charge is 0.356 e. The lowest BCUT2D eigenvalue weighted by Crippen LogP contribution is -2.12. The molecule has 1 unspecified atom stereocenters. The molecule has 0 radical (unpaired) electrons. The van der Waals surface area contributed by atoms with Crippen LogP contribution in [-0.4, -0.2) is 22.6 Å². The van der Waals surface area contributed by atoms with Gasteiger partial charge >= 0.3 is 5.97 Å². The van der Waals surface area contributed by atoms with Gasteiger partial charge in [0.1, 0.15) is 0 Å². The van der Waals surface area contributed by atoms with Crippen molar-refractivity contribution in [3.63, 3.8) is 0 Å². The summed E-state index contributed by atoms with van der Waals surface area (Å²) < 4.78 is 0. The summed E-state index contributed by atoms with van der Waals surface area (Å²) in [5, 5.41) is 12.1. The van der Waals surface area contributed by atoms with Crippen LogP contribution in [0.3, 0.4) is 0 Å². The van der Waals surface area contributed by atoms with Crippen LogP contribution < -0.4 is 5.32 Å².